The molecule has 4 heteroatoms. The van der Waals surface area contributed by atoms with Crippen LogP contribution in [0.1, 0.15) is 24.5 Å². The van der Waals surface area contributed by atoms with Crippen LogP contribution >= 0.6 is 11.6 Å². The van der Waals surface area contributed by atoms with E-state index >= 15 is 0 Å². The van der Waals surface area contributed by atoms with Crippen molar-refractivity contribution in [3.05, 3.63) is 58.6 Å². The standard InChI is InChI=1S/C19H24ClNO2/c1-3-22-18-13-16(14-21-2)12-17(20)19(18)23-11-7-10-15-8-5-4-6-9-15/h4-6,8-9,12-13,21H,3,7,10-11,14H2,1-2H3. The molecule has 0 atom stereocenters. The Morgan fingerprint density at radius 3 is 2.52 bits per heavy atom. The lowest BCUT2D eigenvalue weighted by Crippen LogP contribution is -2.07. The largest absolute Gasteiger partial charge is 0.490 e. The fraction of sp³-hybridized carbons (Fsp3) is 0.368. The normalized spacial score (nSPS) is 10.6. The summed E-state index contributed by atoms with van der Waals surface area (Å²) in [6.07, 6.45) is 1.92. The first-order chi connectivity index (χ1) is 11.2. The summed E-state index contributed by atoms with van der Waals surface area (Å²) in [7, 11) is 1.91. The number of ether oxygens (including phenoxy) is 2. The van der Waals surface area contributed by atoms with Crippen LogP contribution in [0.3, 0.4) is 0 Å². The molecule has 0 aliphatic carbocycles. The molecular formula is C19H24ClNO2. The van der Waals surface area contributed by atoms with Crippen LogP contribution in [0.15, 0.2) is 42.5 Å². The first-order valence-electron chi connectivity index (χ1n) is 8.01. The predicted molar refractivity (Wildman–Crippen MR) is 95.6 cm³/mol. The van der Waals surface area contributed by atoms with Crippen LogP contribution in [-0.2, 0) is 13.0 Å². The molecule has 2 aromatic rings. The number of halogens is 1. The molecule has 3 nitrogen and oxygen atoms in total. The molecule has 1 N–H and O–H groups in total. The molecule has 0 unspecified atom stereocenters. The van der Waals surface area contributed by atoms with Crippen molar-refractivity contribution in [3.63, 3.8) is 0 Å². The van der Waals surface area contributed by atoms with Gasteiger partial charge in [-0.1, -0.05) is 41.9 Å². The van der Waals surface area contributed by atoms with Crippen molar-refractivity contribution in [1.82, 2.24) is 5.32 Å². The molecule has 0 spiro atoms. The first kappa shape index (κ1) is 17.6. The van der Waals surface area contributed by atoms with Crippen LogP contribution in [0, 0.1) is 0 Å². The minimum atomic E-state index is 0.583. The zero-order valence-electron chi connectivity index (χ0n) is 13.8. The molecule has 0 radical (unpaired) electrons. The molecule has 23 heavy (non-hydrogen) atoms. The summed E-state index contributed by atoms with van der Waals surface area (Å²) in [6, 6.07) is 14.3. The molecule has 0 bridgehead atoms. The predicted octanol–water partition coefficient (Wildman–Crippen LogP) is 4.47. The van der Waals surface area contributed by atoms with E-state index in [2.05, 4.69) is 29.6 Å². The number of nitrogens with one attached hydrogen (secondary N) is 1. The Labute approximate surface area is 143 Å². The van der Waals surface area contributed by atoms with Crippen LogP contribution < -0.4 is 14.8 Å². The van der Waals surface area contributed by atoms with Gasteiger partial charge in [0.05, 0.1) is 18.2 Å². The van der Waals surface area contributed by atoms with E-state index in [1.807, 2.05) is 32.2 Å². The fourth-order valence-electron chi connectivity index (χ4n) is 2.43. The topological polar surface area (TPSA) is 30.5 Å². The molecule has 2 aromatic carbocycles. The van der Waals surface area contributed by atoms with Gasteiger partial charge in [0.25, 0.3) is 0 Å². The van der Waals surface area contributed by atoms with Gasteiger partial charge in [-0.15, -0.1) is 0 Å². The molecule has 0 aliphatic rings. The van der Waals surface area contributed by atoms with Gasteiger partial charge in [0.15, 0.2) is 11.5 Å². The van der Waals surface area contributed by atoms with E-state index in [1.54, 1.807) is 0 Å². The van der Waals surface area contributed by atoms with E-state index in [4.69, 9.17) is 21.1 Å². The summed E-state index contributed by atoms with van der Waals surface area (Å²) in [5.74, 6) is 1.35. The smallest absolute Gasteiger partial charge is 0.179 e. The summed E-state index contributed by atoms with van der Waals surface area (Å²) in [4.78, 5) is 0. The third kappa shape index (κ3) is 5.45. The molecular weight excluding hydrogens is 310 g/mol. The molecule has 0 fully saturated rings. The van der Waals surface area contributed by atoms with E-state index in [1.165, 1.54) is 5.56 Å². The van der Waals surface area contributed by atoms with E-state index in [0.29, 0.717) is 29.7 Å². The van der Waals surface area contributed by atoms with Gasteiger partial charge in [-0.05, 0) is 50.1 Å². The van der Waals surface area contributed by atoms with Crippen molar-refractivity contribution in [1.29, 1.82) is 0 Å². The molecule has 0 saturated carbocycles. The van der Waals surface area contributed by atoms with Gasteiger partial charge in [-0.25, -0.2) is 0 Å². The second-order valence-corrected chi connectivity index (χ2v) is 5.71. The Hall–Kier alpha value is -1.71. The second kappa shape index (κ2) is 9.43. The van der Waals surface area contributed by atoms with Crippen LogP contribution in [0.2, 0.25) is 5.02 Å². The maximum Gasteiger partial charge on any atom is 0.179 e. The number of aryl methyl sites for hydroxylation is 1. The Morgan fingerprint density at radius 1 is 1.04 bits per heavy atom. The lowest BCUT2D eigenvalue weighted by molar-refractivity contribution is 0.273. The Bertz CT molecular complexity index is 602. The monoisotopic (exact) mass is 333 g/mol. The lowest BCUT2D eigenvalue weighted by atomic mass is 10.1. The summed E-state index contributed by atoms with van der Waals surface area (Å²) < 4.78 is 11.6. The minimum absolute atomic E-state index is 0.583. The second-order valence-electron chi connectivity index (χ2n) is 5.31. The third-order valence-corrected chi connectivity index (χ3v) is 3.73. The van der Waals surface area contributed by atoms with E-state index in [0.717, 1.165) is 24.9 Å². The van der Waals surface area contributed by atoms with Crippen LogP contribution in [-0.4, -0.2) is 20.3 Å². The summed E-state index contributed by atoms with van der Waals surface area (Å²) in [5.41, 5.74) is 2.40. The van der Waals surface area contributed by atoms with Crippen LogP contribution in [0.4, 0.5) is 0 Å². The minimum Gasteiger partial charge on any atom is -0.490 e. The molecule has 0 amide bonds. The molecule has 0 aliphatic heterocycles. The van der Waals surface area contributed by atoms with E-state index < -0.39 is 0 Å². The zero-order valence-corrected chi connectivity index (χ0v) is 14.5. The maximum absolute atomic E-state index is 6.37. The molecule has 124 valence electrons. The third-order valence-electron chi connectivity index (χ3n) is 3.45. The highest BCUT2D eigenvalue weighted by Gasteiger charge is 2.12. The Morgan fingerprint density at radius 2 is 1.83 bits per heavy atom. The van der Waals surface area contributed by atoms with Gasteiger partial charge < -0.3 is 14.8 Å². The number of hydrogen-bond donors (Lipinski definition) is 1. The summed E-state index contributed by atoms with van der Waals surface area (Å²) in [5, 5.41) is 3.71. The Balaban J connectivity index is 1.97. The van der Waals surface area contributed by atoms with Gasteiger partial charge in [0, 0.05) is 6.54 Å². The maximum atomic E-state index is 6.37. The first-order valence-corrected chi connectivity index (χ1v) is 8.39. The van der Waals surface area contributed by atoms with Crippen molar-refractivity contribution < 1.29 is 9.47 Å². The van der Waals surface area contributed by atoms with Gasteiger partial charge >= 0.3 is 0 Å². The van der Waals surface area contributed by atoms with Gasteiger partial charge in [-0.2, -0.15) is 0 Å². The van der Waals surface area contributed by atoms with Crippen LogP contribution in [0.25, 0.3) is 0 Å². The number of rotatable bonds is 9. The quantitative estimate of drug-likeness (QED) is 0.687. The van der Waals surface area contributed by atoms with Gasteiger partial charge in [-0.3, -0.25) is 0 Å². The highest BCUT2D eigenvalue weighted by Crippen LogP contribution is 2.36. The fourth-order valence-corrected chi connectivity index (χ4v) is 2.71. The molecule has 2 rings (SSSR count). The molecule has 0 aromatic heterocycles. The van der Waals surface area contributed by atoms with Crippen molar-refractivity contribution in [2.45, 2.75) is 26.3 Å². The lowest BCUT2D eigenvalue weighted by Gasteiger charge is -2.15. The number of benzene rings is 2. The summed E-state index contributed by atoms with van der Waals surface area (Å²) >= 11 is 6.37. The summed E-state index contributed by atoms with van der Waals surface area (Å²) in [6.45, 7) is 3.89. The average molecular weight is 334 g/mol. The number of hydrogen-bond acceptors (Lipinski definition) is 3. The highest BCUT2D eigenvalue weighted by molar-refractivity contribution is 6.32. The van der Waals surface area contributed by atoms with Crippen LogP contribution in [0.5, 0.6) is 11.5 Å². The molecule has 0 heterocycles. The van der Waals surface area contributed by atoms with E-state index in [9.17, 15) is 0 Å². The zero-order chi connectivity index (χ0) is 16.5. The van der Waals surface area contributed by atoms with Gasteiger partial charge in [0.1, 0.15) is 0 Å². The SMILES string of the molecule is CCOc1cc(CNC)cc(Cl)c1OCCCc1ccccc1. The van der Waals surface area contributed by atoms with Crippen molar-refractivity contribution in [3.8, 4) is 11.5 Å². The van der Waals surface area contributed by atoms with Crippen molar-refractivity contribution >= 4 is 11.6 Å². The van der Waals surface area contributed by atoms with Gasteiger partial charge in [0.2, 0.25) is 0 Å². The van der Waals surface area contributed by atoms with Crippen molar-refractivity contribution in [2.75, 3.05) is 20.3 Å². The van der Waals surface area contributed by atoms with Crippen molar-refractivity contribution in [2.24, 2.45) is 0 Å². The molecule has 0 saturated heterocycles. The van der Waals surface area contributed by atoms with E-state index in [-0.39, 0.29) is 0 Å². The Kier molecular flexibility index (Phi) is 7.24. The highest BCUT2D eigenvalue weighted by atomic mass is 35.5. The average Bonchev–Trinajstić information content (AvgIpc) is 2.55.